The van der Waals surface area contributed by atoms with Gasteiger partial charge in [0, 0.05) is 44.5 Å². The quantitative estimate of drug-likeness (QED) is 0.837. The zero-order valence-electron chi connectivity index (χ0n) is 14.4. The minimum atomic E-state index is -0.347. The van der Waals surface area contributed by atoms with Gasteiger partial charge < -0.3 is 15.0 Å². The van der Waals surface area contributed by atoms with Crippen LogP contribution < -0.4 is 16.1 Å². The van der Waals surface area contributed by atoms with Crippen molar-refractivity contribution in [2.75, 3.05) is 37.6 Å². The van der Waals surface area contributed by atoms with Crippen LogP contribution in [0.1, 0.15) is 12.0 Å². The first-order chi connectivity index (χ1) is 12.1. The number of aryl methyl sites for hydroxylation is 1. The molecule has 1 aliphatic rings. The molecular weight excluding hydrogens is 320 g/mol. The third kappa shape index (κ3) is 3.93. The highest BCUT2D eigenvalue weighted by atomic mass is 16.3. The average Bonchev–Trinajstić information content (AvgIpc) is 2.62. The predicted molar refractivity (Wildman–Crippen MR) is 97.4 cm³/mol. The Morgan fingerprint density at radius 1 is 1.08 bits per heavy atom. The zero-order valence-corrected chi connectivity index (χ0v) is 14.4. The molecule has 25 heavy (non-hydrogen) atoms. The number of rotatable bonds is 5. The van der Waals surface area contributed by atoms with Gasteiger partial charge in [-0.05, 0) is 32.0 Å². The summed E-state index contributed by atoms with van der Waals surface area (Å²) in [6.07, 6.45) is 2.21. The number of para-hydroxylation sites is 2. The fourth-order valence-corrected chi connectivity index (χ4v) is 3.21. The second-order valence-corrected chi connectivity index (χ2v) is 6.40. The summed E-state index contributed by atoms with van der Waals surface area (Å²) in [6.45, 7) is 6.46. The molecule has 1 aromatic carbocycles. The van der Waals surface area contributed by atoms with Crippen molar-refractivity contribution in [1.29, 1.82) is 0 Å². The predicted octanol–water partition coefficient (Wildman–Crippen LogP) is 0.763. The van der Waals surface area contributed by atoms with Crippen LogP contribution in [0.15, 0.2) is 40.1 Å². The van der Waals surface area contributed by atoms with Crippen molar-refractivity contribution in [3.8, 4) is 5.75 Å². The molecule has 134 valence electrons. The number of nitrogens with one attached hydrogen (secondary N) is 1. The van der Waals surface area contributed by atoms with Crippen LogP contribution >= 0.6 is 0 Å². The number of aromatic nitrogens is 2. The van der Waals surface area contributed by atoms with Crippen LogP contribution in [-0.2, 0) is 6.54 Å². The van der Waals surface area contributed by atoms with Gasteiger partial charge in [0.15, 0.2) is 0 Å². The largest absolute Gasteiger partial charge is 0.506 e. The van der Waals surface area contributed by atoms with Crippen molar-refractivity contribution in [1.82, 2.24) is 14.5 Å². The number of anilines is 1. The van der Waals surface area contributed by atoms with Crippen LogP contribution in [0.25, 0.3) is 0 Å². The van der Waals surface area contributed by atoms with Crippen LogP contribution in [-0.4, -0.2) is 52.3 Å². The minimum Gasteiger partial charge on any atom is -0.506 e. The average molecular weight is 344 g/mol. The molecule has 0 spiro atoms. The maximum atomic E-state index is 12.0. The second-order valence-electron chi connectivity index (χ2n) is 6.40. The van der Waals surface area contributed by atoms with Gasteiger partial charge in [0.25, 0.3) is 5.56 Å². The smallest absolute Gasteiger partial charge is 0.328 e. The number of benzene rings is 1. The first-order valence-electron chi connectivity index (χ1n) is 8.60. The van der Waals surface area contributed by atoms with E-state index >= 15 is 0 Å². The molecule has 0 saturated carbocycles. The number of aromatic hydroxyl groups is 1. The van der Waals surface area contributed by atoms with Crippen molar-refractivity contribution in [3.63, 3.8) is 0 Å². The van der Waals surface area contributed by atoms with E-state index in [1.54, 1.807) is 13.0 Å². The van der Waals surface area contributed by atoms with Gasteiger partial charge in [-0.2, -0.15) is 0 Å². The Kier molecular flexibility index (Phi) is 5.23. The number of hydrogen-bond donors (Lipinski definition) is 2. The van der Waals surface area contributed by atoms with E-state index in [1.807, 2.05) is 18.2 Å². The molecule has 7 nitrogen and oxygen atoms in total. The summed E-state index contributed by atoms with van der Waals surface area (Å²) in [7, 11) is 0. The summed E-state index contributed by atoms with van der Waals surface area (Å²) < 4.78 is 1.27. The maximum absolute atomic E-state index is 12.0. The molecule has 2 aromatic rings. The van der Waals surface area contributed by atoms with E-state index in [9.17, 15) is 14.7 Å². The van der Waals surface area contributed by atoms with E-state index < -0.39 is 0 Å². The normalized spacial score (nSPS) is 15.5. The summed E-state index contributed by atoms with van der Waals surface area (Å²) in [5, 5.41) is 9.95. The van der Waals surface area contributed by atoms with E-state index in [4.69, 9.17) is 0 Å². The third-order valence-corrected chi connectivity index (χ3v) is 4.69. The molecule has 7 heteroatoms. The molecule has 0 atom stereocenters. The summed E-state index contributed by atoms with van der Waals surface area (Å²) in [4.78, 5) is 30.9. The van der Waals surface area contributed by atoms with Crippen LogP contribution in [0.5, 0.6) is 5.75 Å². The molecule has 2 N–H and O–H groups in total. The third-order valence-electron chi connectivity index (χ3n) is 4.69. The molecule has 1 fully saturated rings. The maximum Gasteiger partial charge on any atom is 0.328 e. The van der Waals surface area contributed by atoms with E-state index in [0.717, 1.165) is 44.8 Å². The number of aromatic amines is 1. The Bertz CT molecular complexity index is 835. The molecular formula is C18H24N4O3. The molecule has 3 rings (SSSR count). The summed E-state index contributed by atoms with van der Waals surface area (Å²) in [5.41, 5.74) is 0.865. The van der Waals surface area contributed by atoms with Crippen LogP contribution in [0.2, 0.25) is 0 Å². The Morgan fingerprint density at radius 3 is 2.52 bits per heavy atom. The van der Waals surface area contributed by atoms with E-state index in [0.29, 0.717) is 17.9 Å². The lowest BCUT2D eigenvalue weighted by Crippen LogP contribution is -2.47. The molecule has 0 radical (unpaired) electrons. The molecule has 1 saturated heterocycles. The molecule has 0 bridgehead atoms. The second kappa shape index (κ2) is 7.57. The van der Waals surface area contributed by atoms with Gasteiger partial charge in [0.05, 0.1) is 5.69 Å². The van der Waals surface area contributed by atoms with E-state index in [-0.39, 0.29) is 11.2 Å². The van der Waals surface area contributed by atoms with Crippen molar-refractivity contribution in [3.05, 3.63) is 56.9 Å². The Morgan fingerprint density at radius 2 is 1.80 bits per heavy atom. The number of nitrogens with zero attached hydrogens (tertiary/aromatic N) is 3. The number of hydrogen-bond acceptors (Lipinski definition) is 5. The zero-order chi connectivity index (χ0) is 17.8. The van der Waals surface area contributed by atoms with Gasteiger partial charge in [-0.25, -0.2) is 4.79 Å². The Hall–Kier alpha value is -2.54. The van der Waals surface area contributed by atoms with Crippen LogP contribution in [0.3, 0.4) is 0 Å². The van der Waals surface area contributed by atoms with Gasteiger partial charge in [-0.1, -0.05) is 12.1 Å². The number of phenols is 1. The number of piperazine rings is 1. The first kappa shape index (κ1) is 17.3. The number of phenolic OH excluding ortho intramolecular Hbond substituents is 1. The lowest BCUT2D eigenvalue weighted by molar-refractivity contribution is 0.249. The van der Waals surface area contributed by atoms with Gasteiger partial charge in [-0.15, -0.1) is 0 Å². The number of H-pyrrole nitrogens is 1. The standard InChI is InChI=1S/C18H24N4O3/c1-14-13-19-18(25)22(17(14)24)8-4-7-20-9-11-21(12-10-20)15-5-2-3-6-16(15)23/h2-3,5-6,13,23H,4,7-12H2,1H3,(H,19,25). The van der Waals surface area contributed by atoms with Crippen molar-refractivity contribution in [2.45, 2.75) is 19.9 Å². The summed E-state index contributed by atoms with van der Waals surface area (Å²) in [6, 6.07) is 7.39. The topological polar surface area (TPSA) is 81.6 Å². The highest BCUT2D eigenvalue weighted by molar-refractivity contribution is 5.57. The Labute approximate surface area is 146 Å². The fraction of sp³-hybridized carbons (Fsp3) is 0.444. The summed E-state index contributed by atoms with van der Waals surface area (Å²) >= 11 is 0. The van der Waals surface area contributed by atoms with Crippen molar-refractivity contribution >= 4 is 5.69 Å². The van der Waals surface area contributed by atoms with Gasteiger partial charge >= 0.3 is 5.69 Å². The molecule has 0 aliphatic carbocycles. The van der Waals surface area contributed by atoms with Gasteiger partial charge in [-0.3, -0.25) is 14.3 Å². The molecule has 2 heterocycles. The van der Waals surface area contributed by atoms with Crippen molar-refractivity contribution in [2.24, 2.45) is 0 Å². The van der Waals surface area contributed by atoms with Crippen LogP contribution in [0.4, 0.5) is 5.69 Å². The molecule has 0 unspecified atom stereocenters. The van der Waals surface area contributed by atoms with Gasteiger partial charge in [0.1, 0.15) is 5.75 Å². The van der Waals surface area contributed by atoms with E-state index in [2.05, 4.69) is 14.8 Å². The lowest BCUT2D eigenvalue weighted by Gasteiger charge is -2.36. The highest BCUT2D eigenvalue weighted by Gasteiger charge is 2.18. The monoisotopic (exact) mass is 344 g/mol. The lowest BCUT2D eigenvalue weighted by atomic mass is 10.2. The first-order valence-corrected chi connectivity index (χ1v) is 8.60. The highest BCUT2D eigenvalue weighted by Crippen LogP contribution is 2.27. The van der Waals surface area contributed by atoms with E-state index in [1.165, 1.54) is 10.8 Å². The summed E-state index contributed by atoms with van der Waals surface area (Å²) in [5.74, 6) is 0.314. The minimum absolute atomic E-state index is 0.215. The van der Waals surface area contributed by atoms with Crippen molar-refractivity contribution < 1.29 is 5.11 Å². The Balaban J connectivity index is 1.51. The molecule has 1 aliphatic heterocycles. The molecule has 0 amide bonds. The fourth-order valence-electron chi connectivity index (χ4n) is 3.21. The SMILES string of the molecule is Cc1c[nH]c(=O)n(CCCN2CCN(c3ccccc3O)CC2)c1=O. The van der Waals surface area contributed by atoms with Crippen LogP contribution in [0, 0.1) is 6.92 Å². The molecule has 1 aromatic heterocycles. The van der Waals surface area contributed by atoms with Gasteiger partial charge in [0.2, 0.25) is 0 Å².